The van der Waals surface area contributed by atoms with Crippen molar-refractivity contribution in [3.8, 4) is 11.4 Å². The molecule has 16 heavy (non-hydrogen) atoms. The van der Waals surface area contributed by atoms with Crippen LogP contribution in [0.1, 0.15) is 0 Å². The van der Waals surface area contributed by atoms with Crippen LogP contribution in [-0.2, 0) is 7.05 Å². The summed E-state index contributed by atoms with van der Waals surface area (Å²) in [4.78, 5) is 4.07. The molecule has 0 radical (unpaired) electrons. The number of rotatable bonds is 1. The summed E-state index contributed by atoms with van der Waals surface area (Å²) < 4.78 is 1.78. The minimum absolute atomic E-state index is 0.833. The Bertz CT molecular complexity index is 638. The van der Waals surface area contributed by atoms with E-state index < -0.39 is 0 Å². The van der Waals surface area contributed by atoms with Gasteiger partial charge in [-0.05, 0) is 12.1 Å². The molecule has 0 amide bonds. The second-order valence-electron chi connectivity index (χ2n) is 3.50. The van der Waals surface area contributed by atoms with Crippen LogP contribution in [0.25, 0.3) is 22.2 Å². The molecule has 0 N–H and O–H groups in total. The number of hydrogen-bond donors (Lipinski definition) is 0. The monoisotopic (exact) mass is 211 g/mol. The Hall–Kier alpha value is -2.30. The van der Waals surface area contributed by atoms with Gasteiger partial charge in [-0.15, -0.1) is 5.10 Å². The van der Waals surface area contributed by atoms with Crippen LogP contribution in [0, 0.1) is 0 Å². The zero-order valence-electron chi connectivity index (χ0n) is 8.70. The smallest absolute Gasteiger partial charge is 0.119 e. The van der Waals surface area contributed by atoms with Crippen molar-refractivity contribution in [3.63, 3.8) is 0 Å². The summed E-state index contributed by atoms with van der Waals surface area (Å²) in [5, 5.41) is 14.3. The fourth-order valence-corrected chi connectivity index (χ4v) is 1.72. The molecular weight excluding hydrogens is 202 g/mol. The maximum Gasteiger partial charge on any atom is 0.119 e. The summed E-state index contributed by atoms with van der Waals surface area (Å²) in [5.74, 6) is 0. The van der Waals surface area contributed by atoms with Crippen molar-refractivity contribution in [1.82, 2.24) is 25.0 Å². The van der Waals surface area contributed by atoms with Gasteiger partial charge in [0.15, 0.2) is 0 Å². The predicted molar refractivity (Wildman–Crippen MR) is 59.5 cm³/mol. The van der Waals surface area contributed by atoms with Gasteiger partial charge in [-0.3, -0.25) is 9.67 Å². The maximum absolute atomic E-state index is 4.17. The van der Waals surface area contributed by atoms with Crippen molar-refractivity contribution in [2.75, 3.05) is 0 Å². The van der Waals surface area contributed by atoms with Gasteiger partial charge < -0.3 is 0 Å². The molecule has 78 valence electrons. The number of aryl methyl sites for hydroxylation is 1. The Kier molecular flexibility index (Phi) is 1.89. The molecule has 0 saturated heterocycles. The van der Waals surface area contributed by atoms with E-state index in [1.54, 1.807) is 29.5 Å². The van der Waals surface area contributed by atoms with E-state index >= 15 is 0 Å². The summed E-state index contributed by atoms with van der Waals surface area (Å²) in [6.45, 7) is 0. The first-order valence-corrected chi connectivity index (χ1v) is 4.90. The van der Waals surface area contributed by atoms with Crippen molar-refractivity contribution >= 4 is 10.8 Å². The third-order valence-electron chi connectivity index (χ3n) is 2.53. The first kappa shape index (κ1) is 8.96. The van der Waals surface area contributed by atoms with Gasteiger partial charge in [0.05, 0.1) is 11.9 Å². The van der Waals surface area contributed by atoms with E-state index in [4.69, 9.17) is 0 Å². The molecular formula is C11H9N5. The van der Waals surface area contributed by atoms with E-state index in [0.717, 1.165) is 22.2 Å². The molecule has 0 aliphatic heterocycles. The second kappa shape index (κ2) is 3.37. The minimum atomic E-state index is 0.833. The van der Waals surface area contributed by atoms with Gasteiger partial charge in [-0.1, -0.05) is 0 Å². The highest BCUT2D eigenvalue weighted by atomic mass is 15.3. The molecule has 5 nitrogen and oxygen atoms in total. The van der Waals surface area contributed by atoms with Gasteiger partial charge in [0.25, 0.3) is 0 Å². The SMILES string of the molecule is Cn1nccc1-c1nncc2cnccc12. The Balaban J connectivity index is 2.36. The summed E-state index contributed by atoms with van der Waals surface area (Å²) >= 11 is 0. The molecule has 0 spiro atoms. The first-order valence-electron chi connectivity index (χ1n) is 4.90. The van der Waals surface area contributed by atoms with Crippen molar-refractivity contribution in [3.05, 3.63) is 36.9 Å². The molecule has 3 aromatic heterocycles. The molecule has 0 aromatic carbocycles. The van der Waals surface area contributed by atoms with E-state index in [2.05, 4.69) is 20.3 Å². The molecule has 0 atom stereocenters. The molecule has 5 heteroatoms. The van der Waals surface area contributed by atoms with E-state index in [9.17, 15) is 0 Å². The largest absolute Gasteiger partial charge is 0.266 e. The Morgan fingerprint density at radius 1 is 1.12 bits per heavy atom. The van der Waals surface area contributed by atoms with E-state index in [-0.39, 0.29) is 0 Å². The summed E-state index contributed by atoms with van der Waals surface area (Å²) in [6, 6.07) is 3.86. The van der Waals surface area contributed by atoms with Crippen molar-refractivity contribution in [2.45, 2.75) is 0 Å². The van der Waals surface area contributed by atoms with Gasteiger partial charge in [0, 0.05) is 36.4 Å². The van der Waals surface area contributed by atoms with Crippen molar-refractivity contribution in [1.29, 1.82) is 0 Å². The summed E-state index contributed by atoms with van der Waals surface area (Å²) in [5.41, 5.74) is 1.78. The number of aromatic nitrogens is 5. The predicted octanol–water partition coefficient (Wildman–Crippen LogP) is 1.43. The lowest BCUT2D eigenvalue weighted by Gasteiger charge is -2.03. The fourth-order valence-electron chi connectivity index (χ4n) is 1.72. The van der Waals surface area contributed by atoms with Gasteiger partial charge in [0.2, 0.25) is 0 Å². The molecule has 0 aliphatic rings. The highest BCUT2D eigenvalue weighted by Gasteiger charge is 2.08. The average Bonchev–Trinajstić information content (AvgIpc) is 2.75. The van der Waals surface area contributed by atoms with Crippen LogP contribution in [0.4, 0.5) is 0 Å². The Morgan fingerprint density at radius 3 is 2.88 bits per heavy atom. The molecule has 0 saturated carbocycles. The van der Waals surface area contributed by atoms with Crippen molar-refractivity contribution < 1.29 is 0 Å². The zero-order chi connectivity index (χ0) is 11.0. The lowest BCUT2D eigenvalue weighted by atomic mass is 10.1. The summed E-state index contributed by atoms with van der Waals surface area (Å²) in [6.07, 6.45) is 6.99. The molecule has 3 rings (SSSR count). The fraction of sp³-hybridized carbons (Fsp3) is 0.0909. The highest BCUT2D eigenvalue weighted by Crippen LogP contribution is 2.23. The minimum Gasteiger partial charge on any atom is -0.266 e. The van der Waals surface area contributed by atoms with Gasteiger partial charge in [-0.2, -0.15) is 10.2 Å². The number of fused-ring (bicyclic) bond motifs is 1. The van der Waals surface area contributed by atoms with Gasteiger partial charge in [0.1, 0.15) is 5.69 Å². The number of nitrogens with zero attached hydrogens (tertiary/aromatic N) is 5. The lowest BCUT2D eigenvalue weighted by Crippen LogP contribution is -1.97. The van der Waals surface area contributed by atoms with E-state index in [0.29, 0.717) is 0 Å². The van der Waals surface area contributed by atoms with Crippen LogP contribution >= 0.6 is 0 Å². The quantitative estimate of drug-likeness (QED) is 0.611. The van der Waals surface area contributed by atoms with E-state index in [1.165, 1.54) is 0 Å². The maximum atomic E-state index is 4.17. The number of pyridine rings is 1. The average molecular weight is 211 g/mol. The molecule has 3 aromatic rings. The zero-order valence-corrected chi connectivity index (χ0v) is 8.70. The standard InChI is InChI=1S/C11H9N5/c1-16-10(3-5-14-16)11-9-2-4-12-6-8(9)7-13-15-11/h2-7H,1H3. The van der Waals surface area contributed by atoms with Gasteiger partial charge in [-0.25, -0.2) is 0 Å². The normalized spacial score (nSPS) is 10.8. The Labute approximate surface area is 91.8 Å². The van der Waals surface area contributed by atoms with Crippen LogP contribution in [0.15, 0.2) is 36.9 Å². The van der Waals surface area contributed by atoms with Crippen molar-refractivity contribution in [2.24, 2.45) is 7.05 Å². The van der Waals surface area contributed by atoms with E-state index in [1.807, 2.05) is 19.2 Å². The van der Waals surface area contributed by atoms with Crippen LogP contribution in [0.2, 0.25) is 0 Å². The number of hydrogen-bond acceptors (Lipinski definition) is 4. The molecule has 0 aliphatic carbocycles. The third-order valence-corrected chi connectivity index (χ3v) is 2.53. The van der Waals surface area contributed by atoms with Crippen LogP contribution in [0.3, 0.4) is 0 Å². The highest BCUT2D eigenvalue weighted by molar-refractivity contribution is 5.92. The first-order chi connectivity index (χ1) is 7.86. The topological polar surface area (TPSA) is 56.5 Å². The van der Waals surface area contributed by atoms with Gasteiger partial charge >= 0.3 is 0 Å². The van der Waals surface area contributed by atoms with Crippen LogP contribution < -0.4 is 0 Å². The molecule has 0 unspecified atom stereocenters. The molecule has 0 bridgehead atoms. The van der Waals surface area contributed by atoms with Crippen LogP contribution in [0.5, 0.6) is 0 Å². The Morgan fingerprint density at radius 2 is 2.06 bits per heavy atom. The summed E-state index contributed by atoms with van der Waals surface area (Å²) in [7, 11) is 1.89. The third kappa shape index (κ3) is 1.25. The second-order valence-corrected chi connectivity index (χ2v) is 3.50. The van der Waals surface area contributed by atoms with Crippen LogP contribution in [-0.4, -0.2) is 25.0 Å². The lowest BCUT2D eigenvalue weighted by molar-refractivity contribution is 0.772. The molecule has 3 heterocycles. The molecule has 0 fully saturated rings.